The summed E-state index contributed by atoms with van der Waals surface area (Å²) >= 11 is 0. The number of rotatable bonds is 4. The maximum Gasteiger partial charge on any atom is 0.182 e. The third-order valence-corrected chi connectivity index (χ3v) is 2.84. The van der Waals surface area contributed by atoms with Gasteiger partial charge in [-0.1, -0.05) is 29.8 Å². The van der Waals surface area contributed by atoms with Crippen molar-refractivity contribution in [2.24, 2.45) is 5.10 Å². The molecule has 1 aromatic carbocycles. The quantitative estimate of drug-likeness (QED) is 0.829. The Morgan fingerprint density at radius 3 is 2.00 bits per heavy atom. The molecule has 2 rings (SSSR count). The molecule has 0 fully saturated rings. The van der Waals surface area contributed by atoms with Crippen molar-refractivity contribution in [3.05, 3.63) is 47.0 Å². The van der Waals surface area contributed by atoms with Crippen molar-refractivity contribution in [3.63, 3.8) is 0 Å². The summed E-state index contributed by atoms with van der Waals surface area (Å²) < 4.78 is 1.37. The molecule has 2 aromatic rings. The Bertz CT molecular complexity index is 575. The van der Waals surface area contributed by atoms with Crippen molar-refractivity contribution < 1.29 is 10.2 Å². The molecule has 0 amide bonds. The zero-order valence-electron chi connectivity index (χ0n) is 11.7. The van der Waals surface area contributed by atoms with E-state index in [1.807, 2.05) is 31.2 Å². The first-order valence-electron chi connectivity index (χ1n) is 6.41. The van der Waals surface area contributed by atoms with Crippen molar-refractivity contribution in [1.82, 2.24) is 14.9 Å². The third kappa shape index (κ3) is 3.09. The van der Waals surface area contributed by atoms with Gasteiger partial charge < -0.3 is 10.2 Å². The van der Waals surface area contributed by atoms with E-state index in [9.17, 15) is 10.2 Å². The fraction of sp³-hybridized carbons (Fsp3) is 0.357. The fourth-order valence-electron chi connectivity index (χ4n) is 1.72. The minimum absolute atomic E-state index is 0.296. The maximum atomic E-state index is 9.65. The Hall–Kier alpha value is -2.05. The van der Waals surface area contributed by atoms with Gasteiger partial charge >= 0.3 is 0 Å². The Balaban J connectivity index is 2.36. The van der Waals surface area contributed by atoms with Crippen LogP contribution < -0.4 is 0 Å². The van der Waals surface area contributed by atoms with Crippen LogP contribution in [-0.4, -0.2) is 31.3 Å². The Kier molecular flexibility index (Phi) is 4.26. The molecule has 106 valence electrons. The van der Waals surface area contributed by atoms with Crippen LogP contribution >= 0.6 is 0 Å². The minimum Gasteiger partial charge on any atom is -0.385 e. The van der Waals surface area contributed by atoms with Crippen molar-refractivity contribution in [3.8, 4) is 0 Å². The van der Waals surface area contributed by atoms with E-state index in [4.69, 9.17) is 0 Å². The number of hydrogen-bond donors (Lipinski definition) is 2. The second kappa shape index (κ2) is 5.94. The molecule has 0 aliphatic carbocycles. The zero-order chi connectivity index (χ0) is 14.7. The molecule has 6 nitrogen and oxygen atoms in total. The lowest BCUT2D eigenvalue weighted by Gasteiger charge is -2.07. The average Bonchev–Trinajstić information content (AvgIpc) is 2.82. The number of nitrogens with zero attached hydrogens (tertiary/aromatic N) is 4. The normalized spacial score (nSPS) is 14.7. The summed E-state index contributed by atoms with van der Waals surface area (Å²) in [4.78, 5) is 0. The summed E-state index contributed by atoms with van der Waals surface area (Å²) in [5.74, 6) is 0.591. The Labute approximate surface area is 117 Å². The lowest BCUT2D eigenvalue weighted by Crippen LogP contribution is -2.08. The number of hydrogen-bond acceptors (Lipinski definition) is 5. The standard InChI is InChI=1S/C14H18N4O2/c1-9-4-6-12(7-5-9)8-15-18-13(10(2)19)16-17-14(18)11(3)20/h4-8,10-11,19-20H,1-3H3/b15-8+. The van der Waals surface area contributed by atoms with E-state index in [2.05, 4.69) is 15.3 Å². The molecule has 1 heterocycles. The fourth-order valence-corrected chi connectivity index (χ4v) is 1.72. The zero-order valence-corrected chi connectivity index (χ0v) is 11.7. The van der Waals surface area contributed by atoms with Gasteiger partial charge in [-0.2, -0.15) is 9.78 Å². The predicted octanol–water partition coefficient (Wildman–Crippen LogP) is 1.58. The van der Waals surface area contributed by atoms with Gasteiger partial charge in [0.1, 0.15) is 12.2 Å². The largest absolute Gasteiger partial charge is 0.385 e. The number of aliphatic hydroxyl groups is 2. The second-order valence-electron chi connectivity index (χ2n) is 4.74. The van der Waals surface area contributed by atoms with E-state index in [1.165, 1.54) is 10.2 Å². The highest BCUT2D eigenvalue weighted by atomic mass is 16.3. The lowest BCUT2D eigenvalue weighted by atomic mass is 10.2. The van der Waals surface area contributed by atoms with Crippen LogP contribution in [0.3, 0.4) is 0 Å². The summed E-state index contributed by atoms with van der Waals surface area (Å²) in [7, 11) is 0. The second-order valence-corrected chi connectivity index (χ2v) is 4.74. The molecule has 2 N–H and O–H groups in total. The van der Waals surface area contributed by atoms with Gasteiger partial charge in [0.15, 0.2) is 11.6 Å². The van der Waals surface area contributed by atoms with Crippen LogP contribution in [0, 0.1) is 6.92 Å². The highest BCUT2D eigenvalue weighted by Gasteiger charge is 2.18. The van der Waals surface area contributed by atoms with Gasteiger partial charge in [0.05, 0.1) is 6.21 Å². The van der Waals surface area contributed by atoms with Gasteiger partial charge in [-0.05, 0) is 26.3 Å². The minimum atomic E-state index is -0.815. The van der Waals surface area contributed by atoms with Gasteiger partial charge in [0.2, 0.25) is 0 Å². The first-order chi connectivity index (χ1) is 9.49. The molecule has 0 saturated heterocycles. The Morgan fingerprint density at radius 1 is 1.05 bits per heavy atom. The Morgan fingerprint density at radius 2 is 1.55 bits per heavy atom. The van der Waals surface area contributed by atoms with Gasteiger partial charge in [-0.15, -0.1) is 10.2 Å². The molecule has 0 aliphatic heterocycles. The number of aryl methyl sites for hydroxylation is 1. The van der Waals surface area contributed by atoms with E-state index in [0.717, 1.165) is 5.56 Å². The van der Waals surface area contributed by atoms with Crippen LogP contribution in [0.2, 0.25) is 0 Å². The lowest BCUT2D eigenvalue weighted by molar-refractivity contribution is 0.174. The molecule has 0 bridgehead atoms. The predicted molar refractivity (Wildman–Crippen MR) is 75.5 cm³/mol. The van der Waals surface area contributed by atoms with E-state index in [-0.39, 0.29) is 0 Å². The molecular formula is C14H18N4O2. The molecule has 0 radical (unpaired) electrons. The molecule has 0 spiro atoms. The molecule has 2 unspecified atom stereocenters. The van der Waals surface area contributed by atoms with Crippen molar-refractivity contribution in [2.75, 3.05) is 0 Å². The van der Waals surface area contributed by atoms with Gasteiger partial charge in [-0.3, -0.25) is 0 Å². The third-order valence-electron chi connectivity index (χ3n) is 2.84. The molecule has 20 heavy (non-hydrogen) atoms. The molecule has 0 aliphatic rings. The first-order valence-corrected chi connectivity index (χ1v) is 6.41. The van der Waals surface area contributed by atoms with E-state index in [0.29, 0.717) is 11.6 Å². The van der Waals surface area contributed by atoms with Crippen LogP contribution in [0.1, 0.15) is 48.8 Å². The molecular weight excluding hydrogens is 256 g/mol. The number of aliphatic hydroxyl groups excluding tert-OH is 2. The summed E-state index contributed by atoms with van der Waals surface area (Å²) in [5, 5.41) is 31.3. The number of benzene rings is 1. The van der Waals surface area contributed by atoms with E-state index < -0.39 is 12.2 Å². The molecule has 1 aromatic heterocycles. The van der Waals surface area contributed by atoms with Crippen molar-refractivity contribution in [2.45, 2.75) is 33.0 Å². The van der Waals surface area contributed by atoms with E-state index >= 15 is 0 Å². The molecule has 6 heteroatoms. The summed E-state index contributed by atoms with van der Waals surface area (Å²) in [6, 6.07) is 7.85. The number of aromatic nitrogens is 3. The van der Waals surface area contributed by atoms with Crippen LogP contribution in [0.25, 0.3) is 0 Å². The van der Waals surface area contributed by atoms with Crippen LogP contribution in [0.15, 0.2) is 29.4 Å². The van der Waals surface area contributed by atoms with Crippen LogP contribution in [0.4, 0.5) is 0 Å². The average molecular weight is 274 g/mol. The first kappa shape index (κ1) is 14.4. The van der Waals surface area contributed by atoms with Gasteiger partial charge in [0.25, 0.3) is 0 Å². The van der Waals surface area contributed by atoms with Crippen molar-refractivity contribution in [1.29, 1.82) is 0 Å². The molecule has 2 atom stereocenters. The van der Waals surface area contributed by atoms with E-state index in [1.54, 1.807) is 20.1 Å². The van der Waals surface area contributed by atoms with Gasteiger partial charge in [-0.25, -0.2) is 0 Å². The summed E-state index contributed by atoms with van der Waals surface area (Å²) in [6.07, 6.45) is 0.0101. The SMILES string of the molecule is Cc1ccc(/C=N/n2c(C(C)O)nnc2C(C)O)cc1. The summed E-state index contributed by atoms with van der Waals surface area (Å²) in [5.41, 5.74) is 2.08. The highest BCUT2D eigenvalue weighted by molar-refractivity contribution is 5.79. The van der Waals surface area contributed by atoms with Crippen molar-refractivity contribution >= 4 is 6.21 Å². The monoisotopic (exact) mass is 274 g/mol. The van der Waals surface area contributed by atoms with Gasteiger partial charge in [0, 0.05) is 0 Å². The topological polar surface area (TPSA) is 83.5 Å². The maximum absolute atomic E-state index is 9.65. The smallest absolute Gasteiger partial charge is 0.182 e. The van der Waals surface area contributed by atoms with Crippen LogP contribution in [0.5, 0.6) is 0 Å². The highest BCUT2D eigenvalue weighted by Crippen LogP contribution is 2.16. The summed E-state index contributed by atoms with van der Waals surface area (Å²) in [6.45, 7) is 5.17. The van der Waals surface area contributed by atoms with Crippen LogP contribution in [-0.2, 0) is 0 Å². The molecule has 0 saturated carbocycles.